The van der Waals surface area contributed by atoms with Gasteiger partial charge in [-0.1, -0.05) is 44.2 Å². The van der Waals surface area contributed by atoms with Crippen LogP contribution in [0, 0.1) is 0 Å². The molecular formula is C21H24N2O2. The van der Waals surface area contributed by atoms with Crippen molar-refractivity contribution in [1.82, 2.24) is 9.88 Å². The molecule has 130 valence electrons. The lowest BCUT2D eigenvalue weighted by Crippen LogP contribution is -2.31. The molecule has 0 saturated heterocycles. The molecule has 0 atom stereocenters. The van der Waals surface area contributed by atoms with Crippen molar-refractivity contribution < 1.29 is 9.53 Å². The predicted molar refractivity (Wildman–Crippen MR) is 101 cm³/mol. The molecule has 0 fully saturated rings. The molecule has 0 unspecified atom stereocenters. The number of rotatable bonds is 7. The van der Waals surface area contributed by atoms with E-state index < -0.39 is 0 Å². The van der Waals surface area contributed by atoms with Gasteiger partial charge in [0, 0.05) is 24.8 Å². The SMILES string of the molecule is CC(C)c1cccc(OCC(=O)NCCn2ccc3ccccc32)c1. The number of carbonyl (C=O) groups excluding carboxylic acids is 1. The Morgan fingerprint density at radius 2 is 1.96 bits per heavy atom. The monoisotopic (exact) mass is 336 g/mol. The maximum absolute atomic E-state index is 12.0. The van der Waals surface area contributed by atoms with E-state index in [-0.39, 0.29) is 12.5 Å². The molecule has 25 heavy (non-hydrogen) atoms. The van der Waals surface area contributed by atoms with Gasteiger partial charge in [0.05, 0.1) is 0 Å². The van der Waals surface area contributed by atoms with E-state index in [1.165, 1.54) is 16.5 Å². The highest BCUT2D eigenvalue weighted by atomic mass is 16.5. The Morgan fingerprint density at radius 1 is 1.12 bits per heavy atom. The van der Waals surface area contributed by atoms with E-state index in [9.17, 15) is 4.79 Å². The number of aromatic nitrogens is 1. The van der Waals surface area contributed by atoms with Crippen LogP contribution in [0.3, 0.4) is 0 Å². The molecule has 1 amide bonds. The standard InChI is InChI=1S/C21H24N2O2/c1-16(2)18-7-5-8-19(14-18)25-15-21(24)22-11-13-23-12-10-17-6-3-4-9-20(17)23/h3-10,12,14,16H,11,13,15H2,1-2H3,(H,22,24). The highest BCUT2D eigenvalue weighted by molar-refractivity contribution is 5.80. The lowest BCUT2D eigenvalue weighted by atomic mass is 10.0. The van der Waals surface area contributed by atoms with E-state index in [0.717, 1.165) is 12.3 Å². The average Bonchev–Trinajstić information content (AvgIpc) is 3.03. The van der Waals surface area contributed by atoms with Crippen molar-refractivity contribution in [3.63, 3.8) is 0 Å². The first-order valence-corrected chi connectivity index (χ1v) is 8.67. The molecule has 3 rings (SSSR count). The van der Waals surface area contributed by atoms with Crippen LogP contribution in [0.25, 0.3) is 10.9 Å². The van der Waals surface area contributed by atoms with Gasteiger partial charge in [0.2, 0.25) is 0 Å². The third-order valence-electron chi connectivity index (χ3n) is 4.25. The lowest BCUT2D eigenvalue weighted by molar-refractivity contribution is -0.123. The first-order chi connectivity index (χ1) is 12.1. The average molecular weight is 336 g/mol. The van der Waals surface area contributed by atoms with Gasteiger partial charge in [-0.2, -0.15) is 0 Å². The molecule has 1 N–H and O–H groups in total. The fourth-order valence-electron chi connectivity index (χ4n) is 2.81. The second kappa shape index (κ2) is 7.88. The summed E-state index contributed by atoms with van der Waals surface area (Å²) in [5.41, 5.74) is 2.39. The summed E-state index contributed by atoms with van der Waals surface area (Å²) in [6, 6.07) is 18.2. The Hall–Kier alpha value is -2.75. The molecule has 0 bridgehead atoms. The number of hydrogen-bond donors (Lipinski definition) is 1. The summed E-state index contributed by atoms with van der Waals surface area (Å²) in [4.78, 5) is 12.0. The molecule has 0 radical (unpaired) electrons. The van der Waals surface area contributed by atoms with Gasteiger partial charge in [0.1, 0.15) is 5.75 Å². The van der Waals surface area contributed by atoms with Crippen LogP contribution in [0.4, 0.5) is 0 Å². The van der Waals surface area contributed by atoms with Crippen LogP contribution in [0.15, 0.2) is 60.8 Å². The first kappa shape index (κ1) is 17.1. The molecule has 4 nitrogen and oxygen atoms in total. The normalized spacial score (nSPS) is 11.0. The van der Waals surface area contributed by atoms with Gasteiger partial charge in [0.25, 0.3) is 5.91 Å². The van der Waals surface area contributed by atoms with Gasteiger partial charge in [-0.05, 0) is 41.1 Å². The number of carbonyl (C=O) groups is 1. The molecule has 0 saturated carbocycles. The number of fused-ring (bicyclic) bond motifs is 1. The summed E-state index contributed by atoms with van der Waals surface area (Å²) in [6.45, 7) is 5.62. The molecule has 0 aliphatic heterocycles. The predicted octanol–water partition coefficient (Wildman–Crippen LogP) is 3.96. The van der Waals surface area contributed by atoms with Crippen LogP contribution in [0.5, 0.6) is 5.75 Å². The molecule has 1 heterocycles. The highest BCUT2D eigenvalue weighted by Gasteiger charge is 2.05. The van der Waals surface area contributed by atoms with Crippen molar-refractivity contribution in [3.8, 4) is 5.75 Å². The Balaban J connectivity index is 1.46. The zero-order chi connectivity index (χ0) is 17.6. The minimum Gasteiger partial charge on any atom is -0.484 e. The van der Waals surface area contributed by atoms with E-state index in [1.54, 1.807) is 0 Å². The molecular weight excluding hydrogens is 312 g/mol. The largest absolute Gasteiger partial charge is 0.484 e. The van der Waals surface area contributed by atoms with E-state index >= 15 is 0 Å². The van der Waals surface area contributed by atoms with E-state index in [2.05, 4.69) is 48.0 Å². The van der Waals surface area contributed by atoms with Crippen molar-refractivity contribution in [3.05, 3.63) is 66.4 Å². The Kier molecular flexibility index (Phi) is 5.39. The summed E-state index contributed by atoms with van der Waals surface area (Å²) >= 11 is 0. The maximum atomic E-state index is 12.0. The summed E-state index contributed by atoms with van der Waals surface area (Å²) in [7, 11) is 0. The van der Waals surface area contributed by atoms with Crippen LogP contribution in [0.2, 0.25) is 0 Å². The van der Waals surface area contributed by atoms with Crippen molar-refractivity contribution in [2.75, 3.05) is 13.2 Å². The minimum absolute atomic E-state index is 0.0357. The van der Waals surface area contributed by atoms with E-state index in [4.69, 9.17) is 4.74 Å². The summed E-state index contributed by atoms with van der Waals surface area (Å²) < 4.78 is 7.74. The molecule has 0 aliphatic rings. The molecule has 3 aromatic rings. The molecule has 2 aromatic carbocycles. The van der Waals surface area contributed by atoms with Gasteiger partial charge in [-0.25, -0.2) is 0 Å². The van der Waals surface area contributed by atoms with Gasteiger partial charge in [0.15, 0.2) is 6.61 Å². The molecule has 0 spiro atoms. The zero-order valence-electron chi connectivity index (χ0n) is 14.7. The second-order valence-corrected chi connectivity index (χ2v) is 6.43. The van der Waals surface area contributed by atoms with Crippen molar-refractivity contribution in [2.45, 2.75) is 26.3 Å². The number of nitrogens with one attached hydrogen (secondary N) is 1. The second-order valence-electron chi connectivity index (χ2n) is 6.43. The third kappa shape index (κ3) is 4.41. The topological polar surface area (TPSA) is 43.3 Å². The number of ether oxygens (including phenoxy) is 1. The van der Waals surface area contributed by atoms with E-state index in [0.29, 0.717) is 12.5 Å². The third-order valence-corrected chi connectivity index (χ3v) is 4.25. The van der Waals surface area contributed by atoms with Crippen LogP contribution < -0.4 is 10.1 Å². The molecule has 4 heteroatoms. The maximum Gasteiger partial charge on any atom is 0.258 e. The fraction of sp³-hybridized carbons (Fsp3) is 0.286. The number of nitrogens with zero attached hydrogens (tertiary/aromatic N) is 1. The van der Waals surface area contributed by atoms with Crippen LogP contribution in [0.1, 0.15) is 25.3 Å². The lowest BCUT2D eigenvalue weighted by Gasteiger charge is -2.11. The Labute approximate surface area is 148 Å². The minimum atomic E-state index is -0.105. The van der Waals surface area contributed by atoms with E-state index in [1.807, 2.05) is 36.5 Å². The highest BCUT2D eigenvalue weighted by Crippen LogP contribution is 2.20. The number of amides is 1. The number of para-hydroxylation sites is 1. The van der Waals surface area contributed by atoms with Crippen LogP contribution in [-0.4, -0.2) is 23.6 Å². The summed E-state index contributed by atoms with van der Waals surface area (Å²) in [5.74, 6) is 1.07. The van der Waals surface area contributed by atoms with Crippen LogP contribution in [-0.2, 0) is 11.3 Å². The first-order valence-electron chi connectivity index (χ1n) is 8.67. The smallest absolute Gasteiger partial charge is 0.258 e. The summed E-state index contributed by atoms with van der Waals surface area (Å²) in [5, 5.41) is 4.12. The van der Waals surface area contributed by atoms with Gasteiger partial charge in [-0.3, -0.25) is 4.79 Å². The molecule has 1 aromatic heterocycles. The Morgan fingerprint density at radius 3 is 2.80 bits per heavy atom. The van der Waals surface area contributed by atoms with Crippen molar-refractivity contribution in [2.24, 2.45) is 0 Å². The fourth-order valence-corrected chi connectivity index (χ4v) is 2.81. The van der Waals surface area contributed by atoms with Crippen LogP contribution >= 0.6 is 0 Å². The van der Waals surface area contributed by atoms with Gasteiger partial charge >= 0.3 is 0 Å². The van der Waals surface area contributed by atoms with Crippen molar-refractivity contribution in [1.29, 1.82) is 0 Å². The zero-order valence-corrected chi connectivity index (χ0v) is 14.7. The van der Waals surface area contributed by atoms with Gasteiger partial charge < -0.3 is 14.6 Å². The Bertz CT molecular complexity index is 852. The quantitative estimate of drug-likeness (QED) is 0.710. The molecule has 0 aliphatic carbocycles. The van der Waals surface area contributed by atoms with Gasteiger partial charge in [-0.15, -0.1) is 0 Å². The number of hydrogen-bond acceptors (Lipinski definition) is 2. The van der Waals surface area contributed by atoms with Crippen molar-refractivity contribution >= 4 is 16.8 Å². The summed E-state index contributed by atoms with van der Waals surface area (Å²) in [6.07, 6.45) is 2.05. The number of benzene rings is 2.